The molecular weight excluding hydrogens is 244 g/mol. The third-order valence-electron chi connectivity index (χ3n) is 3.01. The SMILES string of the molecule is Cc1c(O)cccc1[SiH2]c1ccc(C(=O)O)cc1. The number of carboxylic acids is 1. The standard InChI is InChI=1S/C14H14O3Si/c1-9-12(15)3-2-4-13(9)18-11-7-5-10(6-8-11)14(16)17/h2-8,15H,18H2,1H3,(H,16,17). The Kier molecular flexibility index (Phi) is 3.48. The number of carboxylic acid groups (broad SMARTS) is 1. The number of hydrogen-bond acceptors (Lipinski definition) is 2. The molecule has 0 aromatic heterocycles. The van der Waals surface area contributed by atoms with Gasteiger partial charge in [0.25, 0.3) is 0 Å². The number of aromatic hydroxyl groups is 1. The second kappa shape index (κ2) is 5.06. The van der Waals surface area contributed by atoms with Crippen LogP contribution in [0.5, 0.6) is 5.75 Å². The molecule has 2 N–H and O–H groups in total. The number of rotatable bonds is 3. The molecule has 0 spiro atoms. The van der Waals surface area contributed by atoms with Gasteiger partial charge in [0.05, 0.1) is 15.1 Å². The van der Waals surface area contributed by atoms with Gasteiger partial charge in [-0.15, -0.1) is 0 Å². The number of aromatic carboxylic acids is 1. The summed E-state index contributed by atoms with van der Waals surface area (Å²) in [5.74, 6) is -0.584. The lowest BCUT2D eigenvalue weighted by Gasteiger charge is -2.07. The fraction of sp³-hybridized carbons (Fsp3) is 0.0714. The Labute approximate surface area is 108 Å². The zero-order valence-corrected chi connectivity index (χ0v) is 11.5. The van der Waals surface area contributed by atoms with Crippen molar-refractivity contribution in [3.05, 3.63) is 53.6 Å². The van der Waals surface area contributed by atoms with Gasteiger partial charge < -0.3 is 10.2 Å². The van der Waals surface area contributed by atoms with Crippen LogP contribution in [0.25, 0.3) is 0 Å². The van der Waals surface area contributed by atoms with E-state index in [2.05, 4.69) is 0 Å². The Morgan fingerprint density at radius 2 is 1.78 bits per heavy atom. The summed E-state index contributed by atoms with van der Waals surface area (Å²) < 4.78 is 0. The molecule has 0 unspecified atom stereocenters. The smallest absolute Gasteiger partial charge is 0.335 e. The summed E-state index contributed by atoms with van der Waals surface area (Å²) in [5, 5.41) is 20.8. The van der Waals surface area contributed by atoms with Gasteiger partial charge in [0.2, 0.25) is 0 Å². The van der Waals surface area contributed by atoms with E-state index in [1.807, 2.05) is 31.2 Å². The molecule has 0 saturated heterocycles. The first-order valence-electron chi connectivity index (χ1n) is 5.67. The number of hydrogen-bond donors (Lipinski definition) is 2. The highest BCUT2D eigenvalue weighted by Crippen LogP contribution is 2.11. The number of phenols is 1. The summed E-state index contributed by atoms with van der Waals surface area (Å²) in [7, 11) is -0.678. The largest absolute Gasteiger partial charge is 0.508 e. The molecule has 2 rings (SSSR count). The highest BCUT2D eigenvalue weighted by Gasteiger charge is 2.06. The van der Waals surface area contributed by atoms with E-state index in [1.165, 1.54) is 5.19 Å². The van der Waals surface area contributed by atoms with Gasteiger partial charge in [-0.25, -0.2) is 4.79 Å². The van der Waals surface area contributed by atoms with Gasteiger partial charge >= 0.3 is 5.97 Å². The van der Waals surface area contributed by atoms with Crippen molar-refractivity contribution in [2.24, 2.45) is 0 Å². The maximum Gasteiger partial charge on any atom is 0.335 e. The molecule has 0 saturated carbocycles. The van der Waals surface area contributed by atoms with Gasteiger partial charge in [0.1, 0.15) is 5.75 Å². The Morgan fingerprint density at radius 3 is 2.39 bits per heavy atom. The molecule has 0 aliphatic heterocycles. The summed E-state index contributed by atoms with van der Waals surface area (Å²) in [6, 6.07) is 12.5. The molecule has 3 nitrogen and oxygen atoms in total. The van der Waals surface area contributed by atoms with E-state index in [4.69, 9.17) is 5.11 Å². The molecular formula is C14H14O3Si. The maximum atomic E-state index is 10.7. The zero-order valence-electron chi connectivity index (χ0n) is 10.1. The van der Waals surface area contributed by atoms with E-state index in [0.717, 1.165) is 10.8 Å². The Bertz CT molecular complexity index is 576. The third-order valence-corrected chi connectivity index (χ3v) is 5.04. The minimum Gasteiger partial charge on any atom is -0.508 e. The van der Waals surface area contributed by atoms with Crippen LogP contribution in [0, 0.1) is 6.92 Å². The first-order chi connectivity index (χ1) is 8.58. The summed E-state index contributed by atoms with van der Waals surface area (Å²) in [6.45, 7) is 1.91. The molecule has 18 heavy (non-hydrogen) atoms. The average Bonchev–Trinajstić information content (AvgIpc) is 2.36. The quantitative estimate of drug-likeness (QED) is 0.789. The van der Waals surface area contributed by atoms with Crippen LogP contribution in [0.4, 0.5) is 0 Å². The monoisotopic (exact) mass is 258 g/mol. The van der Waals surface area contributed by atoms with E-state index < -0.39 is 15.5 Å². The Morgan fingerprint density at radius 1 is 1.11 bits per heavy atom. The summed E-state index contributed by atoms with van der Waals surface area (Å²) >= 11 is 0. The van der Waals surface area contributed by atoms with Crippen LogP contribution in [-0.4, -0.2) is 25.7 Å². The summed E-state index contributed by atoms with van der Waals surface area (Å²) in [6.07, 6.45) is 0. The highest BCUT2D eigenvalue weighted by atomic mass is 28.2. The zero-order chi connectivity index (χ0) is 13.1. The fourth-order valence-electron chi connectivity index (χ4n) is 1.85. The van der Waals surface area contributed by atoms with E-state index in [9.17, 15) is 9.90 Å². The second-order valence-corrected chi connectivity index (χ2v) is 6.17. The topological polar surface area (TPSA) is 57.5 Å². The Hall–Kier alpha value is -2.07. The molecule has 0 amide bonds. The van der Waals surface area contributed by atoms with Crippen molar-refractivity contribution in [2.45, 2.75) is 6.92 Å². The van der Waals surface area contributed by atoms with Crippen LogP contribution in [0.1, 0.15) is 15.9 Å². The molecule has 2 aromatic carbocycles. The van der Waals surface area contributed by atoms with Crippen molar-refractivity contribution in [1.82, 2.24) is 0 Å². The van der Waals surface area contributed by atoms with Crippen LogP contribution in [0.2, 0.25) is 0 Å². The molecule has 0 aliphatic carbocycles. The van der Waals surface area contributed by atoms with Gasteiger partial charge in [-0.2, -0.15) is 0 Å². The molecule has 0 atom stereocenters. The summed E-state index contributed by atoms with van der Waals surface area (Å²) in [5.41, 5.74) is 1.23. The second-order valence-electron chi connectivity index (χ2n) is 4.24. The lowest BCUT2D eigenvalue weighted by molar-refractivity contribution is 0.0697. The van der Waals surface area contributed by atoms with E-state index in [-0.39, 0.29) is 0 Å². The van der Waals surface area contributed by atoms with Crippen molar-refractivity contribution >= 4 is 25.9 Å². The number of phenolic OH excluding ortho intramolecular Hbond substituents is 1. The third kappa shape index (κ3) is 2.60. The molecule has 0 fully saturated rings. The molecule has 4 heteroatoms. The lowest BCUT2D eigenvalue weighted by Crippen LogP contribution is -2.29. The van der Waals surface area contributed by atoms with Crippen molar-refractivity contribution in [3.63, 3.8) is 0 Å². The first kappa shape index (κ1) is 12.4. The predicted octanol–water partition coefficient (Wildman–Crippen LogP) is 0.518. The minimum atomic E-state index is -0.906. The Balaban J connectivity index is 2.24. The molecule has 0 radical (unpaired) electrons. The predicted molar refractivity (Wildman–Crippen MR) is 74.1 cm³/mol. The molecule has 0 heterocycles. The van der Waals surface area contributed by atoms with Crippen LogP contribution < -0.4 is 10.4 Å². The molecule has 0 bridgehead atoms. The first-order valence-corrected chi connectivity index (χ1v) is 7.09. The average molecular weight is 258 g/mol. The fourth-order valence-corrected chi connectivity index (χ4v) is 3.46. The number of carbonyl (C=O) groups is 1. The van der Waals surface area contributed by atoms with Gasteiger partial charge in [-0.1, -0.05) is 34.6 Å². The van der Waals surface area contributed by atoms with Crippen LogP contribution in [0.3, 0.4) is 0 Å². The van der Waals surface area contributed by atoms with Crippen molar-refractivity contribution in [2.75, 3.05) is 0 Å². The van der Waals surface area contributed by atoms with E-state index in [0.29, 0.717) is 11.3 Å². The van der Waals surface area contributed by atoms with Crippen molar-refractivity contribution < 1.29 is 15.0 Å². The molecule has 2 aromatic rings. The van der Waals surface area contributed by atoms with Crippen LogP contribution >= 0.6 is 0 Å². The lowest BCUT2D eigenvalue weighted by atomic mass is 10.2. The maximum absolute atomic E-state index is 10.7. The minimum absolute atomic E-state index is 0.306. The molecule has 0 aliphatic rings. The van der Waals surface area contributed by atoms with Gasteiger partial charge in [-0.3, -0.25) is 0 Å². The van der Waals surface area contributed by atoms with Crippen LogP contribution in [-0.2, 0) is 0 Å². The van der Waals surface area contributed by atoms with Crippen molar-refractivity contribution in [3.8, 4) is 5.75 Å². The van der Waals surface area contributed by atoms with E-state index >= 15 is 0 Å². The highest BCUT2D eigenvalue weighted by molar-refractivity contribution is 6.67. The summed E-state index contributed by atoms with van der Waals surface area (Å²) in [4.78, 5) is 10.7. The van der Waals surface area contributed by atoms with Gasteiger partial charge in [0.15, 0.2) is 0 Å². The van der Waals surface area contributed by atoms with E-state index in [1.54, 1.807) is 18.2 Å². The van der Waals surface area contributed by atoms with Gasteiger partial charge in [-0.05, 0) is 30.7 Å². The van der Waals surface area contributed by atoms with Crippen molar-refractivity contribution in [1.29, 1.82) is 0 Å². The number of benzene rings is 2. The molecule has 92 valence electrons. The van der Waals surface area contributed by atoms with Crippen LogP contribution in [0.15, 0.2) is 42.5 Å². The normalized spacial score (nSPS) is 10.9. The van der Waals surface area contributed by atoms with Gasteiger partial charge in [0, 0.05) is 0 Å².